The first-order chi connectivity index (χ1) is 14.3. The normalized spacial score (nSPS) is 13.7. The zero-order chi connectivity index (χ0) is 20.5. The maximum absolute atomic E-state index is 5.80. The molecule has 0 saturated carbocycles. The van der Waals surface area contributed by atoms with E-state index in [1.54, 1.807) is 5.56 Å². The molecule has 0 unspecified atom stereocenters. The minimum Gasteiger partial charge on any atom is -0.115 e. The van der Waals surface area contributed by atoms with Crippen LogP contribution in [0.2, 0.25) is 0 Å². The maximum atomic E-state index is 5.80. The molecule has 0 aromatic heterocycles. The van der Waals surface area contributed by atoms with Gasteiger partial charge in [0.05, 0.1) is 0 Å². The van der Waals surface area contributed by atoms with Crippen LogP contribution < -0.4 is 0 Å². The molecule has 2 aromatic carbocycles. The highest BCUT2D eigenvalue weighted by Gasteiger charge is 2.42. The molecule has 3 rings (SSSR count). The van der Waals surface area contributed by atoms with Crippen LogP contribution in [0.3, 0.4) is 0 Å². The van der Waals surface area contributed by atoms with Crippen LogP contribution in [0.5, 0.6) is 0 Å². The molecule has 0 fully saturated rings. The van der Waals surface area contributed by atoms with Gasteiger partial charge in [0.15, 0.2) is 0 Å². The fourth-order valence-electron chi connectivity index (χ4n) is 5.27. The highest BCUT2D eigenvalue weighted by Crippen LogP contribution is 2.54. The Balaban J connectivity index is 1.93. The van der Waals surface area contributed by atoms with E-state index in [0.29, 0.717) is 0 Å². The van der Waals surface area contributed by atoms with E-state index in [1.807, 2.05) is 0 Å². The molecule has 0 N–H and O–H groups in total. The molecule has 154 valence electrons. The van der Waals surface area contributed by atoms with Crippen LogP contribution in [0.1, 0.15) is 108 Å². The highest BCUT2D eigenvalue weighted by molar-refractivity contribution is 5.81. The number of rotatable bonds is 12. The first-order valence-corrected chi connectivity index (χ1v) is 12.0. The van der Waals surface area contributed by atoms with Gasteiger partial charge in [-0.25, -0.2) is 0 Å². The Labute approximate surface area is 179 Å². The van der Waals surface area contributed by atoms with Crippen molar-refractivity contribution >= 4 is 0 Å². The minimum absolute atomic E-state index is 0.150. The van der Waals surface area contributed by atoms with Crippen LogP contribution in [0.15, 0.2) is 42.5 Å². The summed E-state index contributed by atoms with van der Waals surface area (Å²) in [5, 5.41) is 0. The van der Waals surface area contributed by atoms with Crippen LogP contribution >= 0.6 is 0 Å². The second-order valence-electron chi connectivity index (χ2n) is 8.86. The summed E-state index contributed by atoms with van der Waals surface area (Å²) >= 11 is 0. The number of fused-ring (bicyclic) bond motifs is 3. The largest absolute Gasteiger partial charge is 0.115 e. The molecule has 0 atom stereocenters. The molecule has 2 aromatic rings. The summed E-state index contributed by atoms with van der Waals surface area (Å²) in [7, 11) is 0. The highest BCUT2D eigenvalue weighted by atomic mass is 14.4. The second-order valence-corrected chi connectivity index (χ2v) is 8.86. The number of unbranched alkanes of at least 4 members (excludes halogenated alkanes) is 8. The summed E-state index contributed by atoms with van der Waals surface area (Å²) in [6.07, 6.45) is 21.7. The topological polar surface area (TPSA) is 0 Å². The molecule has 0 saturated heterocycles. The van der Waals surface area contributed by atoms with Crippen LogP contribution in [0.4, 0.5) is 0 Å². The Hall–Kier alpha value is -2.00. The second kappa shape index (κ2) is 10.7. The molecule has 1 aliphatic rings. The molecule has 0 bridgehead atoms. The van der Waals surface area contributed by atoms with Crippen molar-refractivity contribution in [1.82, 2.24) is 0 Å². The van der Waals surface area contributed by atoms with Gasteiger partial charge in [-0.1, -0.05) is 114 Å². The lowest BCUT2D eigenvalue weighted by Gasteiger charge is -2.33. The van der Waals surface area contributed by atoms with Gasteiger partial charge < -0.3 is 0 Å². The van der Waals surface area contributed by atoms with Gasteiger partial charge in [-0.15, -0.1) is 6.42 Å². The summed E-state index contributed by atoms with van der Waals surface area (Å²) in [4.78, 5) is 0. The molecule has 29 heavy (non-hydrogen) atoms. The predicted molar refractivity (Wildman–Crippen MR) is 127 cm³/mol. The Bertz CT molecular complexity index is 806. The first-order valence-electron chi connectivity index (χ1n) is 12.0. The lowest BCUT2D eigenvalue weighted by atomic mass is 9.70. The third-order valence-electron chi connectivity index (χ3n) is 6.85. The standard InChI is InChI=1S/C29H38/c1-4-7-9-11-15-21-29(22-16-12-10-8-5-2)27-18-14-13-17-25(27)26-20-19-24(6-3)23-28(26)29/h3,13-14,17-20,23H,4-5,7-12,15-16,21-22H2,1-2H3. The Morgan fingerprint density at radius 3 is 1.90 bits per heavy atom. The monoisotopic (exact) mass is 386 g/mol. The Kier molecular flexibility index (Phi) is 8.00. The van der Waals surface area contributed by atoms with Crippen molar-refractivity contribution in [2.75, 3.05) is 0 Å². The van der Waals surface area contributed by atoms with Crippen molar-refractivity contribution in [1.29, 1.82) is 0 Å². The van der Waals surface area contributed by atoms with Crippen LogP contribution in [0.25, 0.3) is 11.1 Å². The minimum atomic E-state index is 0.150. The van der Waals surface area contributed by atoms with E-state index in [9.17, 15) is 0 Å². The van der Waals surface area contributed by atoms with E-state index in [2.05, 4.69) is 62.2 Å². The number of hydrogen-bond acceptors (Lipinski definition) is 0. The van der Waals surface area contributed by atoms with Gasteiger partial charge in [0.2, 0.25) is 0 Å². The average molecular weight is 387 g/mol. The first kappa shape index (κ1) is 21.7. The van der Waals surface area contributed by atoms with Crippen LogP contribution in [-0.4, -0.2) is 0 Å². The molecular formula is C29H38. The van der Waals surface area contributed by atoms with Crippen molar-refractivity contribution in [2.45, 2.75) is 96.3 Å². The van der Waals surface area contributed by atoms with Gasteiger partial charge in [0.25, 0.3) is 0 Å². The molecule has 0 nitrogen and oxygen atoms in total. The zero-order valence-electron chi connectivity index (χ0n) is 18.6. The van der Waals surface area contributed by atoms with Gasteiger partial charge in [0, 0.05) is 11.0 Å². The molecule has 0 heteroatoms. The number of benzene rings is 2. The van der Waals surface area contributed by atoms with Crippen LogP contribution in [0, 0.1) is 12.3 Å². The lowest BCUT2D eigenvalue weighted by Crippen LogP contribution is -2.25. The van der Waals surface area contributed by atoms with Crippen molar-refractivity contribution in [2.24, 2.45) is 0 Å². The van der Waals surface area contributed by atoms with E-state index < -0.39 is 0 Å². The van der Waals surface area contributed by atoms with E-state index >= 15 is 0 Å². The van der Waals surface area contributed by atoms with E-state index in [1.165, 1.54) is 93.7 Å². The lowest BCUT2D eigenvalue weighted by molar-refractivity contribution is 0.399. The molecule has 0 radical (unpaired) electrons. The fraction of sp³-hybridized carbons (Fsp3) is 0.517. The zero-order valence-corrected chi connectivity index (χ0v) is 18.6. The smallest absolute Gasteiger partial charge is 0.0246 e. The molecule has 0 spiro atoms. The maximum Gasteiger partial charge on any atom is 0.0246 e. The predicted octanol–water partition coefficient (Wildman–Crippen LogP) is 8.66. The fourth-order valence-corrected chi connectivity index (χ4v) is 5.27. The van der Waals surface area contributed by atoms with Gasteiger partial charge in [0.1, 0.15) is 0 Å². The average Bonchev–Trinajstić information content (AvgIpc) is 3.03. The van der Waals surface area contributed by atoms with E-state index in [4.69, 9.17) is 6.42 Å². The molecule has 0 aliphatic heterocycles. The van der Waals surface area contributed by atoms with E-state index in [-0.39, 0.29) is 5.41 Å². The quantitative estimate of drug-likeness (QED) is 0.253. The van der Waals surface area contributed by atoms with Crippen molar-refractivity contribution in [3.8, 4) is 23.5 Å². The third-order valence-corrected chi connectivity index (χ3v) is 6.85. The summed E-state index contributed by atoms with van der Waals surface area (Å²) in [5.41, 5.74) is 7.08. The van der Waals surface area contributed by atoms with Crippen molar-refractivity contribution in [3.05, 3.63) is 59.2 Å². The summed E-state index contributed by atoms with van der Waals surface area (Å²) in [6.45, 7) is 4.59. The SMILES string of the molecule is C#Cc1ccc2c(c1)C(CCCCCCC)(CCCCCCC)c1ccccc1-2. The molecule has 0 heterocycles. The Morgan fingerprint density at radius 2 is 1.28 bits per heavy atom. The van der Waals surface area contributed by atoms with E-state index in [0.717, 1.165) is 5.56 Å². The summed E-state index contributed by atoms with van der Waals surface area (Å²) in [6, 6.07) is 15.9. The van der Waals surface area contributed by atoms with Gasteiger partial charge >= 0.3 is 0 Å². The van der Waals surface area contributed by atoms with Gasteiger partial charge in [-0.3, -0.25) is 0 Å². The van der Waals surface area contributed by atoms with Gasteiger partial charge in [-0.2, -0.15) is 0 Å². The Morgan fingerprint density at radius 1 is 0.690 bits per heavy atom. The van der Waals surface area contributed by atoms with Crippen LogP contribution in [-0.2, 0) is 5.41 Å². The number of terminal acetylenes is 1. The summed E-state index contributed by atoms with van der Waals surface area (Å²) in [5.74, 6) is 2.89. The number of hydrogen-bond donors (Lipinski definition) is 0. The van der Waals surface area contributed by atoms with Crippen molar-refractivity contribution in [3.63, 3.8) is 0 Å². The van der Waals surface area contributed by atoms with Gasteiger partial charge in [-0.05, 0) is 47.2 Å². The molecule has 1 aliphatic carbocycles. The third kappa shape index (κ3) is 4.78. The summed E-state index contributed by atoms with van der Waals surface area (Å²) < 4.78 is 0. The molecule has 0 amide bonds. The van der Waals surface area contributed by atoms with Crippen molar-refractivity contribution < 1.29 is 0 Å². The molecular weight excluding hydrogens is 348 g/mol.